The fourth-order valence-corrected chi connectivity index (χ4v) is 5.12. The van der Waals surface area contributed by atoms with Gasteiger partial charge in [-0.1, -0.05) is 38.1 Å². The van der Waals surface area contributed by atoms with E-state index in [1.807, 2.05) is 38.1 Å². The van der Waals surface area contributed by atoms with Crippen molar-refractivity contribution in [2.75, 3.05) is 6.54 Å². The minimum absolute atomic E-state index is 0.0230. The molecule has 1 amide bonds. The largest absolute Gasteiger partial charge is 0.480 e. The van der Waals surface area contributed by atoms with Crippen LogP contribution in [0.15, 0.2) is 42.5 Å². The molecule has 2 aromatic heterocycles. The van der Waals surface area contributed by atoms with Crippen LogP contribution in [-0.4, -0.2) is 49.4 Å². The van der Waals surface area contributed by atoms with Crippen molar-refractivity contribution in [3.63, 3.8) is 0 Å². The molecule has 11 heteroatoms. The number of benzene rings is 1. The number of aryl methyl sites for hydroxylation is 1. The number of carboxylic acids is 1. The second-order valence-electron chi connectivity index (χ2n) is 7.08. The number of aliphatic carboxylic acids is 1. The maximum atomic E-state index is 13.3. The van der Waals surface area contributed by atoms with E-state index in [9.17, 15) is 24.8 Å². The van der Waals surface area contributed by atoms with Gasteiger partial charge in [0.2, 0.25) is 0 Å². The Morgan fingerprint density at radius 1 is 1.28 bits per heavy atom. The van der Waals surface area contributed by atoms with Crippen LogP contribution < -0.4 is 0 Å². The highest BCUT2D eigenvalue weighted by atomic mass is 32.1. The lowest BCUT2D eigenvalue weighted by Crippen LogP contribution is -2.35. The lowest BCUT2D eigenvalue weighted by molar-refractivity contribution is -0.493. The molecule has 0 aliphatic carbocycles. The van der Waals surface area contributed by atoms with Gasteiger partial charge in [-0.15, -0.1) is 29.1 Å². The van der Waals surface area contributed by atoms with Crippen molar-refractivity contribution >= 4 is 50.3 Å². The highest BCUT2D eigenvalue weighted by molar-refractivity contribution is 7.18. The molecule has 0 saturated heterocycles. The van der Waals surface area contributed by atoms with Crippen molar-refractivity contribution in [3.05, 3.63) is 73.2 Å². The highest BCUT2D eigenvalue weighted by Crippen LogP contribution is 2.29. The van der Waals surface area contributed by atoms with Gasteiger partial charge in [0.25, 0.3) is 11.9 Å². The van der Waals surface area contributed by atoms with E-state index in [1.165, 1.54) is 22.3 Å². The Kier molecular flexibility index (Phi) is 10.5. The van der Waals surface area contributed by atoms with Crippen molar-refractivity contribution < 1.29 is 19.6 Å². The van der Waals surface area contributed by atoms with Crippen LogP contribution in [0.2, 0.25) is 0 Å². The first-order valence-electron chi connectivity index (χ1n) is 11.0. The van der Waals surface area contributed by atoms with Gasteiger partial charge in [-0.25, -0.2) is 9.97 Å². The Bertz CT molecular complexity index is 1320. The number of para-hydroxylation sites is 1. The molecule has 9 nitrogen and oxygen atoms in total. The number of thiazole rings is 2. The molecule has 0 fully saturated rings. The number of carboxylic acid groups (broad SMARTS) is 1. The molecule has 3 aromatic rings. The molecule has 188 valence electrons. The minimum atomic E-state index is -1.35. The minimum Gasteiger partial charge on any atom is -0.480 e. The molecule has 3 rings (SSSR count). The number of carbonyl (C=O) groups excluding carboxylic acids is 1. The molecular formula is C25H26N4O5S2. The van der Waals surface area contributed by atoms with Crippen molar-refractivity contribution in [1.82, 2.24) is 14.9 Å². The smallest absolute Gasteiger partial charge is 0.323 e. The zero-order valence-electron chi connectivity index (χ0n) is 20.3. The van der Waals surface area contributed by atoms with Crippen LogP contribution in [0.5, 0.6) is 0 Å². The third-order valence-corrected chi connectivity index (χ3v) is 6.81. The summed E-state index contributed by atoms with van der Waals surface area (Å²) in [5.74, 6) is 0.437. The Morgan fingerprint density at radius 2 is 1.97 bits per heavy atom. The summed E-state index contributed by atoms with van der Waals surface area (Å²) in [4.78, 5) is 45.7. The van der Waals surface area contributed by atoms with Crippen molar-refractivity contribution in [3.8, 4) is 12.3 Å². The van der Waals surface area contributed by atoms with Gasteiger partial charge in [0.1, 0.15) is 21.4 Å². The number of nitrogens with zero attached hydrogens (tertiary/aromatic N) is 4. The average Bonchev–Trinajstić information content (AvgIpc) is 3.44. The van der Waals surface area contributed by atoms with E-state index in [4.69, 9.17) is 6.42 Å². The molecule has 1 unspecified atom stereocenters. The number of carbonyl (C=O) groups is 2. The Hall–Kier alpha value is -3.88. The fraction of sp³-hybridized carbons (Fsp3) is 0.280. The average molecular weight is 527 g/mol. The number of hydrogen-bond acceptors (Lipinski definition) is 8. The summed E-state index contributed by atoms with van der Waals surface area (Å²) < 4.78 is 0.937. The standard InChI is InChI=1S/C23H20N4O5S2.C2H6/c1-4-8-15(11-16(5-2)27(31)32)22-24-14(3)21(34-22)23(30)26(13-20(28)29)12-19-25-17-9-6-7-10-18(17)33-19;1-2/h2,4,6-11,16H,12-13H2,1,3H3,(H,28,29);1-2H3/b8-4-,15-11+;. The van der Waals surface area contributed by atoms with Crippen LogP contribution in [0.25, 0.3) is 15.8 Å². The summed E-state index contributed by atoms with van der Waals surface area (Å²) in [5.41, 5.74) is 1.57. The van der Waals surface area contributed by atoms with Gasteiger partial charge in [0.05, 0.1) is 22.5 Å². The van der Waals surface area contributed by atoms with E-state index < -0.39 is 29.4 Å². The Morgan fingerprint density at radius 3 is 2.56 bits per heavy atom. The van der Waals surface area contributed by atoms with E-state index in [1.54, 1.807) is 26.0 Å². The SMILES string of the molecule is C#CC(/C=C(\C=C/C)c1nc(C)c(C(=O)N(CC(=O)O)Cc2nc3ccccc3s2)s1)[N+](=O)[O-].CC. The molecule has 1 aromatic carbocycles. The van der Waals surface area contributed by atoms with Gasteiger partial charge in [0.15, 0.2) is 0 Å². The Balaban J connectivity index is 0.00000222. The second-order valence-corrected chi connectivity index (χ2v) is 9.20. The van der Waals surface area contributed by atoms with Crippen LogP contribution >= 0.6 is 22.7 Å². The molecule has 0 aliphatic heterocycles. The van der Waals surface area contributed by atoms with E-state index in [-0.39, 0.29) is 11.4 Å². The molecule has 0 saturated carbocycles. The number of nitro groups is 1. The van der Waals surface area contributed by atoms with E-state index in [0.29, 0.717) is 21.3 Å². The molecule has 0 radical (unpaired) electrons. The van der Waals surface area contributed by atoms with Gasteiger partial charge < -0.3 is 10.0 Å². The molecule has 0 bridgehead atoms. The first-order valence-corrected chi connectivity index (χ1v) is 12.6. The molecule has 1 atom stereocenters. The van der Waals surface area contributed by atoms with Gasteiger partial charge in [-0.3, -0.25) is 19.7 Å². The van der Waals surface area contributed by atoms with Crippen LogP contribution in [0.3, 0.4) is 0 Å². The number of fused-ring (bicyclic) bond motifs is 1. The van der Waals surface area contributed by atoms with Gasteiger partial charge >= 0.3 is 5.97 Å². The molecule has 2 heterocycles. The third kappa shape index (κ3) is 7.07. The van der Waals surface area contributed by atoms with Gasteiger partial charge in [-0.2, -0.15) is 0 Å². The number of aromatic nitrogens is 2. The first kappa shape index (κ1) is 28.4. The van der Waals surface area contributed by atoms with Crippen LogP contribution in [0, 0.1) is 29.4 Å². The predicted octanol–water partition coefficient (Wildman–Crippen LogP) is 5.05. The lowest BCUT2D eigenvalue weighted by atomic mass is 10.1. The zero-order chi connectivity index (χ0) is 26.8. The summed E-state index contributed by atoms with van der Waals surface area (Å²) in [6.07, 6.45) is 9.87. The van der Waals surface area contributed by atoms with E-state index in [2.05, 4.69) is 15.9 Å². The Labute approximate surface area is 217 Å². The number of amides is 1. The normalized spacial score (nSPS) is 12.0. The highest BCUT2D eigenvalue weighted by Gasteiger charge is 2.26. The second kappa shape index (κ2) is 13.3. The van der Waals surface area contributed by atoms with E-state index in [0.717, 1.165) is 21.6 Å². The van der Waals surface area contributed by atoms with Crippen molar-refractivity contribution in [2.45, 2.75) is 40.3 Å². The molecule has 36 heavy (non-hydrogen) atoms. The molecule has 1 N–H and O–H groups in total. The summed E-state index contributed by atoms with van der Waals surface area (Å²) in [5, 5.41) is 21.5. The number of rotatable bonds is 9. The van der Waals surface area contributed by atoms with E-state index >= 15 is 0 Å². The third-order valence-electron chi connectivity index (χ3n) is 4.60. The quantitative estimate of drug-likeness (QED) is 0.179. The fourth-order valence-electron chi connectivity index (χ4n) is 3.09. The molecular weight excluding hydrogens is 500 g/mol. The van der Waals surface area contributed by atoms with Crippen LogP contribution in [0.1, 0.15) is 46.2 Å². The topological polar surface area (TPSA) is 127 Å². The predicted molar refractivity (Wildman–Crippen MR) is 143 cm³/mol. The monoisotopic (exact) mass is 526 g/mol. The number of hydrogen-bond donors (Lipinski definition) is 1. The van der Waals surface area contributed by atoms with Crippen LogP contribution in [0.4, 0.5) is 0 Å². The summed E-state index contributed by atoms with van der Waals surface area (Å²) in [6, 6.07) is 6.14. The maximum Gasteiger partial charge on any atom is 0.323 e. The first-order chi connectivity index (χ1) is 17.2. The van der Waals surface area contributed by atoms with Crippen molar-refractivity contribution in [2.24, 2.45) is 0 Å². The number of terminal acetylenes is 1. The molecule has 0 aliphatic rings. The maximum absolute atomic E-state index is 13.3. The number of allylic oxidation sites excluding steroid dienone is 3. The van der Waals surface area contributed by atoms with Crippen LogP contribution in [-0.2, 0) is 11.3 Å². The summed E-state index contributed by atoms with van der Waals surface area (Å²) >= 11 is 2.42. The summed E-state index contributed by atoms with van der Waals surface area (Å²) in [7, 11) is 0. The van der Waals surface area contributed by atoms with Gasteiger partial charge in [-0.05, 0) is 31.9 Å². The summed E-state index contributed by atoms with van der Waals surface area (Å²) in [6.45, 7) is 6.88. The zero-order valence-corrected chi connectivity index (χ0v) is 21.9. The lowest BCUT2D eigenvalue weighted by Gasteiger charge is -2.18. The molecule has 0 spiro atoms. The van der Waals surface area contributed by atoms with Gasteiger partial charge in [0, 0.05) is 16.6 Å². The van der Waals surface area contributed by atoms with Crippen molar-refractivity contribution in [1.29, 1.82) is 0 Å².